The van der Waals surface area contributed by atoms with Crippen molar-refractivity contribution in [2.75, 3.05) is 6.61 Å². The second kappa shape index (κ2) is 5.75. The second-order valence-electron chi connectivity index (χ2n) is 3.21. The van der Waals surface area contributed by atoms with Crippen LogP contribution >= 0.6 is 38.6 Å². The molecular weight excluding hydrogens is 322 g/mol. The van der Waals surface area contributed by atoms with Gasteiger partial charge in [-0.15, -0.1) is 22.7 Å². The fourth-order valence-corrected chi connectivity index (χ4v) is 3.49. The first-order valence-corrected chi connectivity index (χ1v) is 7.53. The number of thiazole rings is 1. The van der Waals surface area contributed by atoms with Crippen molar-refractivity contribution in [3.05, 3.63) is 26.3 Å². The second-order valence-corrected chi connectivity index (χ2v) is 6.62. The predicted molar refractivity (Wildman–Crippen MR) is 73.5 cm³/mol. The van der Waals surface area contributed by atoms with Crippen LogP contribution in [0.15, 0.2) is 21.3 Å². The number of thiophene rings is 1. The summed E-state index contributed by atoms with van der Waals surface area (Å²) in [4.78, 5) is 16.8. The number of halogens is 1. The van der Waals surface area contributed by atoms with E-state index < -0.39 is 0 Å². The van der Waals surface area contributed by atoms with Crippen molar-refractivity contribution >= 4 is 44.6 Å². The van der Waals surface area contributed by atoms with Crippen molar-refractivity contribution in [2.24, 2.45) is 0 Å². The molecule has 0 unspecified atom stereocenters. The van der Waals surface area contributed by atoms with Crippen molar-refractivity contribution in [2.45, 2.75) is 13.3 Å². The highest BCUT2D eigenvalue weighted by Crippen LogP contribution is 2.31. The van der Waals surface area contributed by atoms with E-state index in [0.29, 0.717) is 6.61 Å². The molecule has 0 aliphatic carbocycles. The van der Waals surface area contributed by atoms with E-state index in [1.165, 1.54) is 11.3 Å². The van der Waals surface area contributed by atoms with E-state index in [4.69, 9.17) is 4.74 Å². The van der Waals surface area contributed by atoms with E-state index in [-0.39, 0.29) is 12.4 Å². The highest BCUT2D eigenvalue weighted by atomic mass is 79.9. The standard InChI is InChI=1S/C11H10BrNO2S2/c1-2-15-11(14)5-10-13-7(6-16-10)8-3-4-9(12)17-8/h3-4,6H,2,5H2,1H3. The normalized spacial score (nSPS) is 10.5. The van der Waals surface area contributed by atoms with Gasteiger partial charge in [-0.3, -0.25) is 4.79 Å². The third kappa shape index (κ3) is 3.37. The summed E-state index contributed by atoms with van der Waals surface area (Å²) >= 11 is 6.53. The molecule has 2 rings (SSSR count). The van der Waals surface area contributed by atoms with Gasteiger partial charge in [0.1, 0.15) is 5.01 Å². The van der Waals surface area contributed by atoms with Crippen LogP contribution in [-0.4, -0.2) is 17.6 Å². The van der Waals surface area contributed by atoms with E-state index in [2.05, 4.69) is 20.9 Å². The Balaban J connectivity index is 2.08. The summed E-state index contributed by atoms with van der Waals surface area (Å²) in [5.74, 6) is -0.222. The number of aromatic nitrogens is 1. The molecule has 0 aliphatic rings. The topological polar surface area (TPSA) is 39.2 Å². The minimum absolute atomic E-state index is 0.222. The lowest BCUT2D eigenvalue weighted by atomic mass is 10.4. The number of nitrogens with zero attached hydrogens (tertiary/aromatic N) is 1. The van der Waals surface area contributed by atoms with Gasteiger partial charge in [0.25, 0.3) is 0 Å². The van der Waals surface area contributed by atoms with Crippen LogP contribution in [0.25, 0.3) is 10.6 Å². The largest absolute Gasteiger partial charge is 0.466 e. The van der Waals surface area contributed by atoms with Gasteiger partial charge in [-0.2, -0.15) is 0 Å². The first-order valence-electron chi connectivity index (χ1n) is 5.04. The maximum atomic E-state index is 11.3. The van der Waals surface area contributed by atoms with Gasteiger partial charge < -0.3 is 4.74 Å². The quantitative estimate of drug-likeness (QED) is 0.801. The molecule has 0 bridgehead atoms. The number of hydrogen-bond donors (Lipinski definition) is 0. The maximum absolute atomic E-state index is 11.3. The Bertz CT molecular complexity index is 521. The summed E-state index contributed by atoms with van der Waals surface area (Å²) in [7, 11) is 0. The molecule has 17 heavy (non-hydrogen) atoms. The number of esters is 1. The van der Waals surface area contributed by atoms with Gasteiger partial charge >= 0.3 is 5.97 Å². The summed E-state index contributed by atoms with van der Waals surface area (Å²) in [6, 6.07) is 4.00. The Hall–Kier alpha value is -0.720. The molecule has 0 aromatic carbocycles. The first kappa shape index (κ1) is 12.7. The predicted octanol–water partition coefficient (Wildman–Crippen LogP) is 3.74. The number of hydrogen-bond acceptors (Lipinski definition) is 5. The molecule has 0 N–H and O–H groups in total. The average Bonchev–Trinajstić information content (AvgIpc) is 2.87. The van der Waals surface area contributed by atoms with Gasteiger partial charge in [-0.1, -0.05) is 0 Å². The van der Waals surface area contributed by atoms with Gasteiger partial charge in [-0.05, 0) is 35.0 Å². The SMILES string of the molecule is CCOC(=O)Cc1nc(-c2ccc(Br)s2)cs1. The van der Waals surface area contributed by atoms with Crippen LogP contribution in [0, 0.1) is 0 Å². The molecule has 0 spiro atoms. The molecule has 0 fully saturated rings. The van der Waals surface area contributed by atoms with Crippen LogP contribution in [0.2, 0.25) is 0 Å². The summed E-state index contributed by atoms with van der Waals surface area (Å²) < 4.78 is 5.96. The highest BCUT2D eigenvalue weighted by Gasteiger charge is 2.10. The van der Waals surface area contributed by atoms with Crippen molar-refractivity contribution in [3.8, 4) is 10.6 Å². The first-order chi connectivity index (χ1) is 8.19. The summed E-state index contributed by atoms with van der Waals surface area (Å²) in [5, 5.41) is 2.76. The molecular formula is C11H10BrNO2S2. The number of carbonyl (C=O) groups excluding carboxylic acids is 1. The minimum Gasteiger partial charge on any atom is -0.466 e. The lowest BCUT2D eigenvalue weighted by molar-refractivity contribution is -0.142. The maximum Gasteiger partial charge on any atom is 0.312 e. The monoisotopic (exact) mass is 331 g/mol. The Kier molecular flexibility index (Phi) is 4.31. The number of ether oxygens (including phenoxy) is 1. The molecule has 0 radical (unpaired) electrons. The summed E-state index contributed by atoms with van der Waals surface area (Å²) in [5.41, 5.74) is 0.921. The van der Waals surface area contributed by atoms with E-state index >= 15 is 0 Å². The zero-order chi connectivity index (χ0) is 12.3. The third-order valence-corrected chi connectivity index (χ3v) is 4.47. The molecule has 0 aliphatic heterocycles. The molecule has 2 aromatic heterocycles. The summed E-state index contributed by atoms with van der Waals surface area (Å²) in [6.45, 7) is 2.21. The zero-order valence-corrected chi connectivity index (χ0v) is 12.3. The molecule has 2 aromatic rings. The summed E-state index contributed by atoms with van der Waals surface area (Å²) in [6.07, 6.45) is 0.255. The van der Waals surface area contributed by atoms with Crippen LogP contribution in [0.4, 0.5) is 0 Å². The molecule has 3 nitrogen and oxygen atoms in total. The smallest absolute Gasteiger partial charge is 0.312 e. The highest BCUT2D eigenvalue weighted by molar-refractivity contribution is 9.11. The molecule has 2 heterocycles. The zero-order valence-electron chi connectivity index (χ0n) is 9.10. The Labute approximate surface area is 116 Å². The third-order valence-electron chi connectivity index (χ3n) is 1.98. The van der Waals surface area contributed by atoms with Crippen LogP contribution in [0.1, 0.15) is 11.9 Å². The van der Waals surface area contributed by atoms with Crippen LogP contribution in [0.5, 0.6) is 0 Å². The molecule has 0 amide bonds. The lowest BCUT2D eigenvalue weighted by Gasteiger charge is -1.97. The van der Waals surface area contributed by atoms with E-state index in [0.717, 1.165) is 19.4 Å². The Morgan fingerprint density at radius 1 is 1.53 bits per heavy atom. The molecule has 0 saturated heterocycles. The van der Waals surface area contributed by atoms with Crippen molar-refractivity contribution < 1.29 is 9.53 Å². The number of rotatable bonds is 4. The van der Waals surface area contributed by atoms with Crippen molar-refractivity contribution in [1.29, 1.82) is 0 Å². The average molecular weight is 332 g/mol. The van der Waals surface area contributed by atoms with Crippen molar-refractivity contribution in [3.63, 3.8) is 0 Å². The van der Waals surface area contributed by atoms with E-state index in [9.17, 15) is 4.79 Å². The van der Waals surface area contributed by atoms with Gasteiger partial charge in [0.2, 0.25) is 0 Å². The van der Waals surface area contributed by atoms with E-state index in [1.54, 1.807) is 18.3 Å². The van der Waals surface area contributed by atoms with Gasteiger partial charge in [0, 0.05) is 5.38 Å². The fraction of sp³-hybridized carbons (Fsp3) is 0.273. The molecule has 90 valence electrons. The Morgan fingerprint density at radius 3 is 3.00 bits per heavy atom. The van der Waals surface area contributed by atoms with Crippen molar-refractivity contribution in [1.82, 2.24) is 4.98 Å². The Morgan fingerprint density at radius 2 is 2.35 bits per heavy atom. The fourth-order valence-electron chi connectivity index (χ4n) is 1.29. The van der Waals surface area contributed by atoms with Crippen LogP contribution in [0.3, 0.4) is 0 Å². The lowest BCUT2D eigenvalue weighted by Crippen LogP contribution is -2.07. The van der Waals surface area contributed by atoms with Gasteiger partial charge in [0.05, 0.1) is 27.4 Å². The minimum atomic E-state index is -0.222. The van der Waals surface area contributed by atoms with Gasteiger partial charge in [0.15, 0.2) is 0 Å². The number of carbonyl (C=O) groups is 1. The molecule has 0 atom stereocenters. The van der Waals surface area contributed by atoms with Crippen LogP contribution < -0.4 is 0 Å². The van der Waals surface area contributed by atoms with E-state index in [1.807, 2.05) is 17.5 Å². The molecule has 0 saturated carbocycles. The van der Waals surface area contributed by atoms with Crippen LogP contribution in [-0.2, 0) is 16.0 Å². The van der Waals surface area contributed by atoms with Gasteiger partial charge in [-0.25, -0.2) is 4.98 Å². The molecule has 6 heteroatoms.